The molecule has 2 N–H and O–H groups in total. The van der Waals surface area contributed by atoms with E-state index < -0.39 is 0 Å². The highest BCUT2D eigenvalue weighted by Crippen LogP contribution is 2.20. The maximum atomic E-state index is 9.61. The van der Waals surface area contributed by atoms with Gasteiger partial charge in [0.15, 0.2) is 0 Å². The van der Waals surface area contributed by atoms with Gasteiger partial charge in [-0.2, -0.15) is 0 Å². The molecule has 0 amide bonds. The standard InChI is InChI=1S/C10H21NO2.C9H19NO2.C2H6/c1-3-13-8-10(12)7-9-5-4-6-11(9)2;1-10-4-3-8(6-10)5-9(11)7-12-2;1-2/h9-10,12H,3-8H2,1-2H3;8-9,11H,3-7H2,1-2H3;1-2H3/t9?,10-;;/m0../s1. The van der Waals surface area contributed by atoms with Gasteiger partial charge in [-0.25, -0.2) is 0 Å². The van der Waals surface area contributed by atoms with Gasteiger partial charge in [0.2, 0.25) is 0 Å². The van der Waals surface area contributed by atoms with E-state index >= 15 is 0 Å². The Morgan fingerprint density at radius 2 is 1.67 bits per heavy atom. The average molecular weight is 391 g/mol. The van der Waals surface area contributed by atoms with Crippen LogP contribution in [0.3, 0.4) is 0 Å². The van der Waals surface area contributed by atoms with Crippen molar-refractivity contribution in [1.82, 2.24) is 9.80 Å². The van der Waals surface area contributed by atoms with E-state index in [2.05, 4.69) is 23.9 Å². The number of ether oxygens (including phenoxy) is 2. The van der Waals surface area contributed by atoms with E-state index in [0.29, 0.717) is 31.8 Å². The van der Waals surface area contributed by atoms with Gasteiger partial charge < -0.3 is 29.5 Å². The Morgan fingerprint density at radius 3 is 2.15 bits per heavy atom. The van der Waals surface area contributed by atoms with Crippen molar-refractivity contribution in [3.63, 3.8) is 0 Å². The molecule has 0 aliphatic carbocycles. The Hall–Kier alpha value is -0.240. The quantitative estimate of drug-likeness (QED) is 0.629. The van der Waals surface area contributed by atoms with Crippen molar-refractivity contribution in [3.8, 4) is 0 Å². The van der Waals surface area contributed by atoms with E-state index in [4.69, 9.17) is 9.47 Å². The Balaban J connectivity index is 0.000000460. The molecule has 6 heteroatoms. The van der Waals surface area contributed by atoms with E-state index in [0.717, 1.165) is 19.4 Å². The summed E-state index contributed by atoms with van der Waals surface area (Å²) in [6.07, 6.45) is 4.89. The Kier molecular flexibility index (Phi) is 16.5. The lowest BCUT2D eigenvalue weighted by Crippen LogP contribution is -2.30. The molecule has 0 bridgehead atoms. The topological polar surface area (TPSA) is 65.4 Å². The van der Waals surface area contributed by atoms with Crippen LogP contribution in [0.2, 0.25) is 0 Å². The summed E-state index contributed by atoms with van der Waals surface area (Å²) in [5.74, 6) is 0.667. The van der Waals surface area contributed by atoms with E-state index in [1.807, 2.05) is 20.8 Å². The van der Waals surface area contributed by atoms with Gasteiger partial charge in [0.25, 0.3) is 0 Å². The van der Waals surface area contributed by atoms with Gasteiger partial charge in [0.1, 0.15) is 0 Å². The molecule has 2 fully saturated rings. The molecular weight excluding hydrogens is 344 g/mol. The molecule has 6 nitrogen and oxygen atoms in total. The Morgan fingerprint density at radius 1 is 1.00 bits per heavy atom. The zero-order valence-corrected chi connectivity index (χ0v) is 18.7. The second-order valence-electron chi connectivity index (χ2n) is 7.59. The molecule has 2 aliphatic heterocycles. The van der Waals surface area contributed by atoms with Crippen LogP contribution in [-0.4, -0.2) is 98.9 Å². The molecule has 0 radical (unpaired) electrons. The second kappa shape index (κ2) is 16.7. The molecule has 2 rings (SSSR count). The first kappa shape index (κ1) is 26.8. The van der Waals surface area contributed by atoms with Gasteiger partial charge in [-0.15, -0.1) is 0 Å². The molecule has 0 aromatic rings. The molecule has 0 aromatic heterocycles. The zero-order valence-electron chi connectivity index (χ0n) is 18.7. The number of likely N-dealkylation sites (tertiary alicyclic amines) is 2. The van der Waals surface area contributed by atoms with Crippen LogP contribution >= 0.6 is 0 Å². The fourth-order valence-electron chi connectivity index (χ4n) is 3.78. The second-order valence-corrected chi connectivity index (χ2v) is 7.59. The molecule has 3 unspecified atom stereocenters. The summed E-state index contributed by atoms with van der Waals surface area (Å²) >= 11 is 0. The Bertz CT molecular complexity index is 333. The largest absolute Gasteiger partial charge is 0.391 e. The first-order chi connectivity index (χ1) is 13.0. The van der Waals surface area contributed by atoms with Crippen LogP contribution in [0.1, 0.15) is 52.9 Å². The molecule has 0 spiro atoms. The van der Waals surface area contributed by atoms with Crippen molar-refractivity contribution < 1.29 is 19.7 Å². The number of aliphatic hydroxyl groups excluding tert-OH is 2. The number of rotatable bonds is 9. The maximum absolute atomic E-state index is 9.61. The SMILES string of the molecule is CC.CCOC[C@@H](O)CC1CCCN1C.COCC(O)CC1CCN(C)C1. The fraction of sp³-hybridized carbons (Fsp3) is 1.00. The van der Waals surface area contributed by atoms with Crippen LogP contribution in [0.4, 0.5) is 0 Å². The van der Waals surface area contributed by atoms with Crippen LogP contribution in [-0.2, 0) is 9.47 Å². The predicted molar refractivity (Wildman–Crippen MR) is 112 cm³/mol. The molecule has 0 aromatic carbocycles. The summed E-state index contributed by atoms with van der Waals surface area (Å²) in [4.78, 5) is 4.64. The molecule has 2 aliphatic rings. The van der Waals surface area contributed by atoms with Crippen LogP contribution in [0, 0.1) is 5.92 Å². The van der Waals surface area contributed by atoms with Crippen molar-refractivity contribution in [3.05, 3.63) is 0 Å². The molecule has 0 saturated carbocycles. The minimum atomic E-state index is -0.287. The zero-order chi connectivity index (χ0) is 20.7. The lowest BCUT2D eigenvalue weighted by Gasteiger charge is -2.22. The minimum absolute atomic E-state index is 0.272. The first-order valence-corrected chi connectivity index (χ1v) is 10.8. The highest BCUT2D eigenvalue weighted by molar-refractivity contribution is 4.78. The summed E-state index contributed by atoms with van der Waals surface area (Å²) in [5.41, 5.74) is 0. The lowest BCUT2D eigenvalue weighted by molar-refractivity contribution is 0.0267. The molecule has 2 heterocycles. The van der Waals surface area contributed by atoms with E-state index in [-0.39, 0.29) is 12.2 Å². The number of hydrogen-bond acceptors (Lipinski definition) is 6. The number of aliphatic hydroxyl groups is 2. The molecular formula is C21H46N2O4. The maximum Gasteiger partial charge on any atom is 0.0788 e. The first-order valence-electron chi connectivity index (χ1n) is 10.8. The van der Waals surface area contributed by atoms with Crippen molar-refractivity contribution in [2.45, 2.75) is 71.1 Å². The Labute approximate surface area is 167 Å². The number of hydrogen-bond donors (Lipinski definition) is 2. The monoisotopic (exact) mass is 390 g/mol. The molecule has 164 valence electrons. The molecule has 4 atom stereocenters. The smallest absolute Gasteiger partial charge is 0.0788 e. The highest BCUT2D eigenvalue weighted by atomic mass is 16.5. The number of nitrogens with zero attached hydrogens (tertiary/aromatic N) is 2. The normalized spacial score (nSPS) is 25.3. The van der Waals surface area contributed by atoms with Gasteiger partial charge in [-0.3, -0.25) is 0 Å². The summed E-state index contributed by atoms with van der Waals surface area (Å²) in [5, 5.41) is 19.1. The third-order valence-corrected chi connectivity index (χ3v) is 5.18. The van der Waals surface area contributed by atoms with Gasteiger partial charge >= 0.3 is 0 Å². The van der Waals surface area contributed by atoms with Crippen molar-refractivity contribution in [2.24, 2.45) is 5.92 Å². The van der Waals surface area contributed by atoms with Crippen LogP contribution in [0.5, 0.6) is 0 Å². The van der Waals surface area contributed by atoms with E-state index in [1.54, 1.807) is 7.11 Å². The van der Waals surface area contributed by atoms with Crippen molar-refractivity contribution >= 4 is 0 Å². The van der Waals surface area contributed by atoms with Gasteiger partial charge in [0, 0.05) is 26.3 Å². The number of methoxy groups -OCH3 is 1. The van der Waals surface area contributed by atoms with Crippen LogP contribution in [0.15, 0.2) is 0 Å². The van der Waals surface area contributed by atoms with Gasteiger partial charge in [-0.05, 0) is 72.1 Å². The molecule has 2 saturated heterocycles. The van der Waals surface area contributed by atoms with Gasteiger partial charge in [-0.1, -0.05) is 13.8 Å². The van der Waals surface area contributed by atoms with Gasteiger partial charge in [0.05, 0.1) is 25.4 Å². The van der Waals surface area contributed by atoms with E-state index in [1.165, 1.54) is 32.4 Å². The fourth-order valence-corrected chi connectivity index (χ4v) is 3.78. The summed E-state index contributed by atoms with van der Waals surface area (Å²) < 4.78 is 10.0. The molecule has 27 heavy (non-hydrogen) atoms. The minimum Gasteiger partial charge on any atom is -0.391 e. The lowest BCUT2D eigenvalue weighted by atomic mass is 10.0. The van der Waals surface area contributed by atoms with Crippen LogP contribution in [0.25, 0.3) is 0 Å². The highest BCUT2D eigenvalue weighted by Gasteiger charge is 2.23. The average Bonchev–Trinajstić information content (AvgIpc) is 3.24. The van der Waals surface area contributed by atoms with Crippen molar-refractivity contribution in [2.75, 3.05) is 60.7 Å². The summed E-state index contributed by atoms with van der Waals surface area (Å²) in [6, 6.07) is 0.565. The van der Waals surface area contributed by atoms with Crippen LogP contribution < -0.4 is 0 Å². The summed E-state index contributed by atoms with van der Waals surface area (Å²) in [7, 11) is 5.89. The van der Waals surface area contributed by atoms with Crippen molar-refractivity contribution in [1.29, 1.82) is 0 Å². The third-order valence-electron chi connectivity index (χ3n) is 5.18. The summed E-state index contributed by atoms with van der Waals surface area (Å²) in [6.45, 7) is 11.1. The van der Waals surface area contributed by atoms with E-state index in [9.17, 15) is 10.2 Å². The predicted octanol–water partition coefficient (Wildman–Crippen LogP) is 2.23. The third kappa shape index (κ3) is 12.8.